The van der Waals surface area contributed by atoms with E-state index in [1.54, 1.807) is 6.92 Å². The maximum absolute atomic E-state index is 12.2. The molecular weight excluding hydrogens is 234 g/mol. The standard InChI is InChI=1S/C13H21NO4/c1-3-4-10(2)13(17)14(9-12(15)16)11-5-7-18-8-6-11/h4,11H,3,5-9H2,1-2H3,(H,15,16)/b10-4-. The number of rotatable bonds is 5. The minimum absolute atomic E-state index is 0.0254. The Morgan fingerprint density at radius 3 is 2.50 bits per heavy atom. The first-order valence-corrected chi connectivity index (χ1v) is 6.33. The molecule has 1 fully saturated rings. The van der Waals surface area contributed by atoms with Gasteiger partial charge in [-0.25, -0.2) is 0 Å². The molecule has 0 atom stereocenters. The number of amides is 1. The molecule has 0 aromatic heterocycles. The average molecular weight is 255 g/mol. The van der Waals surface area contributed by atoms with Crippen LogP contribution in [-0.4, -0.2) is 47.7 Å². The predicted octanol–water partition coefficient (Wildman–Crippen LogP) is 1.43. The van der Waals surface area contributed by atoms with Gasteiger partial charge >= 0.3 is 5.97 Å². The summed E-state index contributed by atoms with van der Waals surface area (Å²) >= 11 is 0. The zero-order valence-corrected chi connectivity index (χ0v) is 11.0. The molecule has 1 saturated heterocycles. The van der Waals surface area contributed by atoms with Crippen LogP contribution in [0.1, 0.15) is 33.1 Å². The lowest BCUT2D eigenvalue weighted by Crippen LogP contribution is -2.46. The summed E-state index contributed by atoms with van der Waals surface area (Å²) in [6.45, 7) is 4.63. The predicted molar refractivity (Wildman–Crippen MR) is 67.2 cm³/mol. The molecule has 0 aromatic carbocycles. The van der Waals surface area contributed by atoms with Crippen molar-refractivity contribution in [3.8, 4) is 0 Å². The fourth-order valence-corrected chi connectivity index (χ4v) is 2.13. The molecule has 102 valence electrons. The zero-order valence-electron chi connectivity index (χ0n) is 11.0. The molecule has 1 amide bonds. The number of carboxylic acid groups (broad SMARTS) is 1. The monoisotopic (exact) mass is 255 g/mol. The highest BCUT2D eigenvalue weighted by atomic mass is 16.5. The zero-order chi connectivity index (χ0) is 13.5. The molecule has 0 aliphatic carbocycles. The third kappa shape index (κ3) is 4.14. The number of ether oxygens (including phenoxy) is 1. The van der Waals surface area contributed by atoms with Crippen molar-refractivity contribution in [1.82, 2.24) is 4.90 Å². The highest BCUT2D eigenvalue weighted by Gasteiger charge is 2.27. The van der Waals surface area contributed by atoms with E-state index in [1.807, 2.05) is 13.0 Å². The maximum Gasteiger partial charge on any atom is 0.323 e. The number of carbonyl (C=O) groups excluding carboxylic acids is 1. The summed E-state index contributed by atoms with van der Waals surface area (Å²) in [5.41, 5.74) is 0.616. The average Bonchev–Trinajstić information content (AvgIpc) is 2.36. The van der Waals surface area contributed by atoms with Crippen LogP contribution in [0.3, 0.4) is 0 Å². The van der Waals surface area contributed by atoms with Crippen LogP contribution >= 0.6 is 0 Å². The van der Waals surface area contributed by atoms with Gasteiger partial charge in [-0.1, -0.05) is 13.0 Å². The van der Waals surface area contributed by atoms with Crippen LogP contribution in [-0.2, 0) is 14.3 Å². The lowest BCUT2D eigenvalue weighted by Gasteiger charge is -2.33. The van der Waals surface area contributed by atoms with Crippen LogP contribution in [0.5, 0.6) is 0 Å². The van der Waals surface area contributed by atoms with E-state index in [4.69, 9.17) is 9.84 Å². The topological polar surface area (TPSA) is 66.8 Å². The van der Waals surface area contributed by atoms with Crippen LogP contribution in [0.4, 0.5) is 0 Å². The second-order valence-electron chi connectivity index (χ2n) is 4.47. The summed E-state index contributed by atoms with van der Waals surface area (Å²) < 4.78 is 5.24. The molecule has 0 saturated carbocycles. The van der Waals surface area contributed by atoms with Crippen molar-refractivity contribution < 1.29 is 19.4 Å². The molecule has 1 aliphatic heterocycles. The molecule has 0 spiro atoms. The van der Waals surface area contributed by atoms with Crippen LogP contribution in [0.25, 0.3) is 0 Å². The van der Waals surface area contributed by atoms with Gasteiger partial charge in [0.2, 0.25) is 5.91 Å². The van der Waals surface area contributed by atoms with E-state index in [-0.39, 0.29) is 18.5 Å². The molecule has 1 N–H and O–H groups in total. The largest absolute Gasteiger partial charge is 0.480 e. The van der Waals surface area contributed by atoms with E-state index in [9.17, 15) is 9.59 Å². The number of allylic oxidation sites excluding steroid dienone is 1. The second kappa shape index (κ2) is 7.16. The SMILES string of the molecule is CC/C=C(/C)C(=O)N(CC(=O)O)C1CCOCC1. The van der Waals surface area contributed by atoms with Crippen LogP contribution in [0, 0.1) is 0 Å². The van der Waals surface area contributed by atoms with Gasteiger partial charge in [0.25, 0.3) is 0 Å². The van der Waals surface area contributed by atoms with Crippen molar-refractivity contribution in [2.24, 2.45) is 0 Å². The summed E-state index contributed by atoms with van der Waals surface area (Å²) in [4.78, 5) is 24.6. The van der Waals surface area contributed by atoms with Crippen molar-refractivity contribution in [3.05, 3.63) is 11.6 Å². The molecule has 1 heterocycles. The Kier molecular flexibility index (Phi) is 5.85. The quantitative estimate of drug-likeness (QED) is 0.755. The fourth-order valence-electron chi connectivity index (χ4n) is 2.13. The van der Waals surface area contributed by atoms with Gasteiger partial charge in [-0.3, -0.25) is 9.59 Å². The molecule has 0 aromatic rings. The number of aliphatic carboxylic acids is 1. The highest BCUT2D eigenvalue weighted by Crippen LogP contribution is 2.17. The molecule has 0 bridgehead atoms. The summed E-state index contributed by atoms with van der Waals surface area (Å²) in [5, 5.41) is 8.93. The first-order valence-electron chi connectivity index (χ1n) is 6.33. The lowest BCUT2D eigenvalue weighted by atomic mass is 10.1. The summed E-state index contributed by atoms with van der Waals surface area (Å²) in [6.07, 6.45) is 4.01. The number of hydrogen-bond acceptors (Lipinski definition) is 3. The second-order valence-corrected chi connectivity index (χ2v) is 4.47. The summed E-state index contributed by atoms with van der Waals surface area (Å²) in [5.74, 6) is -1.15. The van der Waals surface area contributed by atoms with Crippen LogP contribution < -0.4 is 0 Å². The number of carboxylic acids is 1. The van der Waals surface area contributed by atoms with Crippen molar-refractivity contribution in [2.45, 2.75) is 39.2 Å². The van der Waals surface area contributed by atoms with Crippen molar-refractivity contribution in [1.29, 1.82) is 0 Å². The van der Waals surface area contributed by atoms with Gasteiger partial charge in [0.05, 0.1) is 0 Å². The molecule has 1 rings (SSSR count). The first kappa shape index (κ1) is 14.7. The minimum Gasteiger partial charge on any atom is -0.480 e. The van der Waals surface area contributed by atoms with E-state index in [0.717, 1.165) is 6.42 Å². The van der Waals surface area contributed by atoms with Crippen molar-refractivity contribution >= 4 is 11.9 Å². The molecule has 5 nitrogen and oxygen atoms in total. The van der Waals surface area contributed by atoms with Crippen LogP contribution in [0.2, 0.25) is 0 Å². The Balaban J connectivity index is 2.79. The number of nitrogens with zero attached hydrogens (tertiary/aromatic N) is 1. The highest BCUT2D eigenvalue weighted by molar-refractivity contribution is 5.94. The maximum atomic E-state index is 12.2. The number of hydrogen-bond donors (Lipinski definition) is 1. The van der Waals surface area contributed by atoms with Gasteiger partial charge < -0.3 is 14.7 Å². The van der Waals surface area contributed by atoms with Gasteiger partial charge in [0.15, 0.2) is 0 Å². The molecule has 18 heavy (non-hydrogen) atoms. The molecule has 5 heteroatoms. The van der Waals surface area contributed by atoms with Gasteiger partial charge in [0, 0.05) is 24.8 Å². The van der Waals surface area contributed by atoms with Gasteiger partial charge in [-0.05, 0) is 26.2 Å². The lowest BCUT2D eigenvalue weighted by molar-refractivity contribution is -0.145. The van der Waals surface area contributed by atoms with Crippen LogP contribution in [0.15, 0.2) is 11.6 Å². The Morgan fingerprint density at radius 2 is 2.00 bits per heavy atom. The Labute approximate surface area is 107 Å². The minimum atomic E-state index is -0.973. The van der Waals surface area contributed by atoms with E-state index in [2.05, 4.69) is 0 Å². The fraction of sp³-hybridized carbons (Fsp3) is 0.692. The van der Waals surface area contributed by atoms with E-state index in [1.165, 1.54) is 4.90 Å². The smallest absolute Gasteiger partial charge is 0.323 e. The Hall–Kier alpha value is -1.36. The Morgan fingerprint density at radius 1 is 1.39 bits per heavy atom. The molecular formula is C13H21NO4. The van der Waals surface area contributed by atoms with Gasteiger partial charge in [0.1, 0.15) is 6.54 Å². The van der Waals surface area contributed by atoms with E-state index in [0.29, 0.717) is 31.6 Å². The molecule has 0 radical (unpaired) electrons. The molecule has 0 unspecified atom stereocenters. The third-order valence-corrected chi connectivity index (χ3v) is 3.05. The first-order chi connectivity index (χ1) is 8.56. The van der Waals surface area contributed by atoms with E-state index >= 15 is 0 Å². The van der Waals surface area contributed by atoms with Gasteiger partial charge in [-0.2, -0.15) is 0 Å². The van der Waals surface area contributed by atoms with Gasteiger partial charge in [-0.15, -0.1) is 0 Å². The Bertz CT molecular complexity index is 332. The van der Waals surface area contributed by atoms with E-state index < -0.39 is 5.97 Å². The van der Waals surface area contributed by atoms with Crippen molar-refractivity contribution in [2.75, 3.05) is 19.8 Å². The summed E-state index contributed by atoms with van der Waals surface area (Å²) in [6, 6.07) is -0.0254. The van der Waals surface area contributed by atoms with Crippen molar-refractivity contribution in [3.63, 3.8) is 0 Å². The third-order valence-electron chi connectivity index (χ3n) is 3.05. The normalized spacial score (nSPS) is 17.6. The number of carbonyl (C=O) groups is 2. The summed E-state index contributed by atoms with van der Waals surface area (Å²) in [7, 11) is 0. The molecule has 1 aliphatic rings.